The molecule has 0 fully saturated rings. The topological polar surface area (TPSA) is 29.4 Å². The molecule has 0 aliphatic rings. The van der Waals surface area contributed by atoms with Crippen LogP contribution in [0.25, 0.3) is 0 Å². The van der Waals surface area contributed by atoms with Crippen LogP contribution in [0.3, 0.4) is 0 Å². The van der Waals surface area contributed by atoms with Crippen LogP contribution in [0.2, 0.25) is 0 Å². The van der Waals surface area contributed by atoms with Crippen LogP contribution < -0.4 is 5.32 Å². The van der Waals surface area contributed by atoms with Crippen molar-refractivity contribution in [2.24, 2.45) is 7.05 Å². The third-order valence-electron chi connectivity index (χ3n) is 3.54. The fourth-order valence-corrected chi connectivity index (χ4v) is 1.96. The Bertz CT molecular complexity index is 360. The molecule has 1 rings (SSSR count). The normalized spacial score (nSPS) is 11.4. The molecular formula is C14H27N3O. The first kappa shape index (κ1) is 15.2. The lowest BCUT2D eigenvalue weighted by molar-refractivity contribution is 0.161. The molecular weight excluding hydrogens is 226 g/mol. The van der Waals surface area contributed by atoms with E-state index < -0.39 is 0 Å². The van der Waals surface area contributed by atoms with Crippen LogP contribution in [-0.2, 0) is 18.3 Å². The van der Waals surface area contributed by atoms with Crippen molar-refractivity contribution in [3.63, 3.8) is 0 Å². The summed E-state index contributed by atoms with van der Waals surface area (Å²) in [6, 6.07) is 2.26. The van der Waals surface area contributed by atoms with Crippen LogP contribution in [0.4, 0.5) is 0 Å². The van der Waals surface area contributed by atoms with Gasteiger partial charge in [0, 0.05) is 51.7 Å². The predicted molar refractivity (Wildman–Crippen MR) is 76.0 cm³/mol. The summed E-state index contributed by atoms with van der Waals surface area (Å²) in [7, 11) is 5.98. The number of rotatable bonds is 8. The number of nitrogens with zero attached hydrogens (tertiary/aromatic N) is 2. The Balaban J connectivity index is 2.23. The highest BCUT2D eigenvalue weighted by Gasteiger charge is 2.05. The lowest BCUT2D eigenvalue weighted by atomic mass is 10.2. The third-order valence-corrected chi connectivity index (χ3v) is 3.54. The fraction of sp³-hybridized carbons (Fsp3) is 0.714. The number of methoxy groups -OCH3 is 1. The Kier molecular flexibility index (Phi) is 6.39. The van der Waals surface area contributed by atoms with Gasteiger partial charge in [0.05, 0.1) is 6.61 Å². The first-order valence-corrected chi connectivity index (χ1v) is 6.56. The highest BCUT2D eigenvalue weighted by molar-refractivity contribution is 5.26. The Morgan fingerprint density at radius 1 is 1.33 bits per heavy atom. The van der Waals surface area contributed by atoms with Gasteiger partial charge in [-0.1, -0.05) is 0 Å². The summed E-state index contributed by atoms with van der Waals surface area (Å²) < 4.78 is 7.29. The quantitative estimate of drug-likeness (QED) is 0.708. The van der Waals surface area contributed by atoms with E-state index in [1.807, 2.05) is 0 Å². The molecule has 0 bridgehead atoms. The van der Waals surface area contributed by atoms with Crippen LogP contribution in [0.1, 0.15) is 17.0 Å². The largest absolute Gasteiger partial charge is 0.383 e. The van der Waals surface area contributed by atoms with E-state index >= 15 is 0 Å². The van der Waals surface area contributed by atoms with Crippen molar-refractivity contribution in [2.75, 3.05) is 40.4 Å². The van der Waals surface area contributed by atoms with Crippen molar-refractivity contribution >= 4 is 0 Å². The van der Waals surface area contributed by atoms with E-state index in [2.05, 4.69) is 48.8 Å². The van der Waals surface area contributed by atoms with Crippen molar-refractivity contribution in [1.82, 2.24) is 14.8 Å². The Hall–Kier alpha value is -0.840. The standard InChI is InChI=1S/C14H27N3O/c1-12-10-14(13(2)17(12)4)11-15-6-7-16(3)8-9-18-5/h10,15H,6-9,11H2,1-5H3. The highest BCUT2D eigenvalue weighted by atomic mass is 16.5. The van der Waals surface area contributed by atoms with Crippen LogP contribution in [0, 0.1) is 13.8 Å². The summed E-state index contributed by atoms with van der Waals surface area (Å²) in [5.74, 6) is 0. The second kappa shape index (κ2) is 7.56. The SMILES string of the molecule is COCCN(C)CCNCc1cc(C)n(C)c1C. The molecule has 4 nitrogen and oxygen atoms in total. The molecule has 18 heavy (non-hydrogen) atoms. The van der Waals surface area contributed by atoms with Gasteiger partial charge in [-0.25, -0.2) is 0 Å². The molecule has 0 saturated heterocycles. The summed E-state index contributed by atoms with van der Waals surface area (Å²) in [6.45, 7) is 9.12. The summed E-state index contributed by atoms with van der Waals surface area (Å²) >= 11 is 0. The predicted octanol–water partition coefficient (Wildman–Crippen LogP) is 1.31. The maximum absolute atomic E-state index is 5.05. The molecule has 1 heterocycles. The van der Waals surface area contributed by atoms with Crippen LogP contribution in [0.15, 0.2) is 6.07 Å². The zero-order chi connectivity index (χ0) is 13.5. The summed E-state index contributed by atoms with van der Waals surface area (Å²) in [6.07, 6.45) is 0. The van der Waals surface area contributed by atoms with Gasteiger partial charge in [-0.2, -0.15) is 0 Å². The zero-order valence-corrected chi connectivity index (χ0v) is 12.4. The van der Waals surface area contributed by atoms with Gasteiger partial charge in [0.1, 0.15) is 0 Å². The van der Waals surface area contributed by atoms with E-state index in [4.69, 9.17) is 4.74 Å². The van der Waals surface area contributed by atoms with Crippen molar-refractivity contribution < 1.29 is 4.74 Å². The van der Waals surface area contributed by atoms with Gasteiger partial charge in [-0.15, -0.1) is 0 Å². The molecule has 0 amide bonds. The van der Waals surface area contributed by atoms with Crippen LogP contribution in [-0.4, -0.2) is 49.9 Å². The molecule has 1 aromatic heterocycles. The molecule has 0 aromatic carbocycles. The van der Waals surface area contributed by atoms with Crippen molar-refractivity contribution in [1.29, 1.82) is 0 Å². The maximum atomic E-state index is 5.05. The first-order valence-electron chi connectivity index (χ1n) is 6.56. The van der Waals surface area contributed by atoms with Crippen molar-refractivity contribution in [3.05, 3.63) is 23.0 Å². The smallest absolute Gasteiger partial charge is 0.0589 e. The lowest BCUT2D eigenvalue weighted by Gasteiger charge is -2.16. The molecule has 0 radical (unpaired) electrons. The van der Waals surface area contributed by atoms with Gasteiger partial charge < -0.3 is 19.5 Å². The van der Waals surface area contributed by atoms with E-state index in [0.29, 0.717) is 0 Å². The van der Waals surface area contributed by atoms with Gasteiger partial charge in [0.15, 0.2) is 0 Å². The maximum Gasteiger partial charge on any atom is 0.0589 e. The number of aryl methyl sites for hydroxylation is 1. The minimum Gasteiger partial charge on any atom is -0.383 e. The van der Waals surface area contributed by atoms with Gasteiger partial charge >= 0.3 is 0 Å². The number of likely N-dealkylation sites (N-methyl/N-ethyl adjacent to an activating group) is 1. The first-order chi connectivity index (χ1) is 8.56. The second-order valence-electron chi connectivity index (χ2n) is 4.93. The van der Waals surface area contributed by atoms with Gasteiger partial charge in [-0.05, 0) is 32.5 Å². The van der Waals surface area contributed by atoms with Crippen LogP contribution >= 0.6 is 0 Å². The van der Waals surface area contributed by atoms with E-state index in [1.54, 1.807) is 7.11 Å². The minimum absolute atomic E-state index is 0.799. The molecule has 104 valence electrons. The zero-order valence-electron chi connectivity index (χ0n) is 12.4. The molecule has 0 aliphatic carbocycles. The number of aromatic nitrogens is 1. The van der Waals surface area contributed by atoms with Gasteiger partial charge in [-0.3, -0.25) is 0 Å². The average Bonchev–Trinajstić information content (AvgIpc) is 2.60. The fourth-order valence-electron chi connectivity index (χ4n) is 1.96. The van der Waals surface area contributed by atoms with Gasteiger partial charge in [0.2, 0.25) is 0 Å². The lowest BCUT2D eigenvalue weighted by Crippen LogP contribution is -2.31. The molecule has 0 unspecified atom stereocenters. The van der Waals surface area contributed by atoms with Gasteiger partial charge in [0.25, 0.3) is 0 Å². The molecule has 1 N–H and O–H groups in total. The van der Waals surface area contributed by atoms with E-state index in [1.165, 1.54) is 17.0 Å². The number of ether oxygens (including phenoxy) is 1. The monoisotopic (exact) mass is 253 g/mol. The number of nitrogens with one attached hydrogen (secondary N) is 1. The Labute approximate surface area is 111 Å². The molecule has 0 aliphatic heterocycles. The summed E-state index contributed by atoms with van der Waals surface area (Å²) in [5, 5.41) is 3.49. The summed E-state index contributed by atoms with van der Waals surface area (Å²) in [4.78, 5) is 2.28. The highest BCUT2D eigenvalue weighted by Crippen LogP contribution is 2.12. The molecule has 1 aromatic rings. The molecule has 0 atom stereocenters. The van der Waals surface area contributed by atoms with E-state index in [-0.39, 0.29) is 0 Å². The average molecular weight is 253 g/mol. The summed E-state index contributed by atoms with van der Waals surface area (Å²) in [5.41, 5.74) is 4.07. The molecule has 0 spiro atoms. The second-order valence-corrected chi connectivity index (χ2v) is 4.93. The molecule has 4 heteroatoms. The Morgan fingerprint density at radius 3 is 2.61 bits per heavy atom. The number of hydrogen-bond donors (Lipinski definition) is 1. The molecule has 0 saturated carbocycles. The minimum atomic E-state index is 0.799. The van der Waals surface area contributed by atoms with Crippen LogP contribution in [0.5, 0.6) is 0 Å². The Morgan fingerprint density at radius 2 is 2.06 bits per heavy atom. The van der Waals surface area contributed by atoms with Crippen molar-refractivity contribution in [3.8, 4) is 0 Å². The van der Waals surface area contributed by atoms with E-state index in [9.17, 15) is 0 Å². The van der Waals surface area contributed by atoms with Crippen molar-refractivity contribution in [2.45, 2.75) is 20.4 Å². The third kappa shape index (κ3) is 4.44. The van der Waals surface area contributed by atoms with E-state index in [0.717, 1.165) is 32.8 Å². The number of hydrogen-bond acceptors (Lipinski definition) is 3.